The average molecular weight is 437 g/mol. The van der Waals surface area contributed by atoms with Gasteiger partial charge in [0, 0.05) is 48.6 Å². The largest absolute Gasteiger partial charge is 0.350 e. The number of aromatic nitrogens is 2. The monoisotopic (exact) mass is 436 g/mol. The molecular formula is C24H28N4O2S. The van der Waals surface area contributed by atoms with Crippen molar-refractivity contribution in [2.75, 3.05) is 0 Å². The van der Waals surface area contributed by atoms with Crippen LogP contribution in [0.1, 0.15) is 48.6 Å². The van der Waals surface area contributed by atoms with E-state index in [2.05, 4.69) is 27.1 Å². The number of amides is 2. The number of imidazole rings is 1. The van der Waals surface area contributed by atoms with Gasteiger partial charge >= 0.3 is 0 Å². The molecule has 2 amide bonds. The highest BCUT2D eigenvalue weighted by Gasteiger charge is 2.38. The molecule has 0 bridgehead atoms. The fourth-order valence-electron chi connectivity index (χ4n) is 4.25. The molecule has 7 heteroatoms. The normalized spacial score (nSPS) is 19.2. The number of nitrogens with zero attached hydrogens (tertiary/aromatic N) is 2. The highest BCUT2D eigenvalue weighted by atomic mass is 32.1. The molecule has 0 spiro atoms. The van der Waals surface area contributed by atoms with E-state index in [1.807, 2.05) is 47.2 Å². The van der Waals surface area contributed by atoms with Crippen LogP contribution in [-0.2, 0) is 22.6 Å². The lowest BCUT2D eigenvalue weighted by atomic mass is 9.87. The summed E-state index contributed by atoms with van der Waals surface area (Å²) in [7, 11) is 0. The fraction of sp³-hybridized carbons (Fsp3) is 0.375. The molecule has 2 aromatic heterocycles. The first-order valence-electron chi connectivity index (χ1n) is 10.8. The SMILES string of the molecule is O=C(CC[C@@]1(Cc2cccs2)CCC(=O)N1)N[C@@H](CCn1ccnc1)c1ccccc1. The van der Waals surface area contributed by atoms with Crippen LogP contribution in [0.4, 0.5) is 0 Å². The first kappa shape index (κ1) is 21.3. The van der Waals surface area contributed by atoms with Gasteiger partial charge in [0.1, 0.15) is 0 Å². The van der Waals surface area contributed by atoms with Crippen molar-refractivity contribution in [3.8, 4) is 0 Å². The maximum atomic E-state index is 12.9. The molecule has 3 aromatic rings. The Morgan fingerprint density at radius 3 is 2.81 bits per heavy atom. The van der Waals surface area contributed by atoms with Gasteiger partial charge in [0.2, 0.25) is 11.8 Å². The van der Waals surface area contributed by atoms with Crippen LogP contribution in [-0.4, -0.2) is 26.9 Å². The van der Waals surface area contributed by atoms with Gasteiger partial charge in [-0.3, -0.25) is 9.59 Å². The molecule has 0 unspecified atom stereocenters. The van der Waals surface area contributed by atoms with E-state index in [1.165, 1.54) is 4.88 Å². The molecule has 4 rings (SSSR count). The van der Waals surface area contributed by atoms with Gasteiger partial charge in [-0.25, -0.2) is 4.98 Å². The van der Waals surface area contributed by atoms with E-state index in [0.29, 0.717) is 19.3 Å². The van der Waals surface area contributed by atoms with E-state index >= 15 is 0 Å². The molecule has 1 fully saturated rings. The number of hydrogen-bond donors (Lipinski definition) is 2. The summed E-state index contributed by atoms with van der Waals surface area (Å²) in [5, 5.41) is 8.44. The molecule has 1 saturated heterocycles. The Morgan fingerprint density at radius 2 is 2.13 bits per heavy atom. The summed E-state index contributed by atoms with van der Waals surface area (Å²) < 4.78 is 2.02. The zero-order chi connectivity index (χ0) is 21.5. The summed E-state index contributed by atoms with van der Waals surface area (Å²) in [6.45, 7) is 0.776. The fourth-order valence-corrected chi connectivity index (χ4v) is 5.10. The predicted octanol–water partition coefficient (Wildman–Crippen LogP) is 3.86. The van der Waals surface area contributed by atoms with Gasteiger partial charge in [-0.2, -0.15) is 0 Å². The number of aryl methyl sites for hydroxylation is 1. The van der Waals surface area contributed by atoms with Gasteiger partial charge in [0.05, 0.1) is 12.4 Å². The number of carbonyl (C=O) groups is 2. The predicted molar refractivity (Wildman–Crippen MR) is 122 cm³/mol. The van der Waals surface area contributed by atoms with Crippen LogP contribution in [0.3, 0.4) is 0 Å². The lowest BCUT2D eigenvalue weighted by molar-refractivity contribution is -0.123. The lowest BCUT2D eigenvalue weighted by Gasteiger charge is -2.29. The van der Waals surface area contributed by atoms with E-state index in [-0.39, 0.29) is 23.4 Å². The summed E-state index contributed by atoms with van der Waals surface area (Å²) in [5.74, 6) is 0.102. The molecule has 2 atom stereocenters. The van der Waals surface area contributed by atoms with Gasteiger partial charge in [-0.15, -0.1) is 11.3 Å². The second kappa shape index (κ2) is 9.92. The van der Waals surface area contributed by atoms with Crippen molar-refractivity contribution in [2.45, 2.75) is 56.7 Å². The van der Waals surface area contributed by atoms with E-state index < -0.39 is 0 Å². The molecular weight excluding hydrogens is 408 g/mol. The first-order valence-corrected chi connectivity index (χ1v) is 11.6. The Kier molecular flexibility index (Phi) is 6.82. The van der Waals surface area contributed by atoms with Crippen molar-refractivity contribution in [3.05, 3.63) is 77.0 Å². The van der Waals surface area contributed by atoms with Crippen LogP contribution in [0.2, 0.25) is 0 Å². The van der Waals surface area contributed by atoms with Crippen molar-refractivity contribution >= 4 is 23.2 Å². The van der Waals surface area contributed by atoms with E-state index in [4.69, 9.17) is 0 Å². The number of thiophene rings is 1. The van der Waals surface area contributed by atoms with Gasteiger partial charge in [0.25, 0.3) is 0 Å². The van der Waals surface area contributed by atoms with Crippen LogP contribution in [0.15, 0.2) is 66.6 Å². The molecule has 3 heterocycles. The van der Waals surface area contributed by atoms with E-state index in [9.17, 15) is 9.59 Å². The summed E-state index contributed by atoms with van der Waals surface area (Å²) in [6.07, 6.45) is 9.40. The van der Waals surface area contributed by atoms with Crippen molar-refractivity contribution < 1.29 is 9.59 Å². The number of benzene rings is 1. The third kappa shape index (κ3) is 5.82. The van der Waals surface area contributed by atoms with Crippen LogP contribution in [0.25, 0.3) is 0 Å². The van der Waals surface area contributed by atoms with Crippen LogP contribution >= 0.6 is 11.3 Å². The minimum Gasteiger partial charge on any atom is -0.350 e. The Balaban J connectivity index is 1.38. The summed E-state index contributed by atoms with van der Waals surface area (Å²) in [4.78, 5) is 30.2. The second-order valence-electron chi connectivity index (χ2n) is 8.20. The molecule has 6 nitrogen and oxygen atoms in total. The molecule has 0 aliphatic carbocycles. The van der Waals surface area contributed by atoms with Gasteiger partial charge in [-0.1, -0.05) is 36.4 Å². The molecule has 0 radical (unpaired) electrons. The van der Waals surface area contributed by atoms with Gasteiger partial charge in [0.15, 0.2) is 0 Å². The Labute approximate surface area is 186 Å². The van der Waals surface area contributed by atoms with Crippen LogP contribution in [0, 0.1) is 0 Å². The Morgan fingerprint density at radius 1 is 1.26 bits per heavy atom. The Hall–Kier alpha value is -2.93. The lowest BCUT2D eigenvalue weighted by Crippen LogP contribution is -2.44. The molecule has 1 aliphatic heterocycles. The number of rotatable bonds is 10. The highest BCUT2D eigenvalue weighted by molar-refractivity contribution is 7.09. The van der Waals surface area contributed by atoms with Gasteiger partial charge in [-0.05, 0) is 36.3 Å². The van der Waals surface area contributed by atoms with E-state index in [1.54, 1.807) is 23.9 Å². The Bertz CT molecular complexity index is 972. The topological polar surface area (TPSA) is 76.0 Å². The number of hydrogen-bond acceptors (Lipinski definition) is 4. The smallest absolute Gasteiger partial charge is 0.220 e. The quantitative estimate of drug-likeness (QED) is 0.507. The first-order chi connectivity index (χ1) is 15.1. The number of carbonyl (C=O) groups excluding carboxylic acids is 2. The molecule has 1 aliphatic rings. The summed E-state index contributed by atoms with van der Waals surface area (Å²) in [6, 6.07) is 14.1. The molecule has 2 N–H and O–H groups in total. The molecule has 162 valence electrons. The third-order valence-electron chi connectivity index (χ3n) is 5.93. The third-order valence-corrected chi connectivity index (χ3v) is 6.81. The van der Waals surface area contributed by atoms with Crippen molar-refractivity contribution in [2.24, 2.45) is 0 Å². The molecule has 0 saturated carbocycles. The molecule has 1 aromatic carbocycles. The number of nitrogens with one attached hydrogen (secondary N) is 2. The van der Waals surface area contributed by atoms with E-state index in [0.717, 1.165) is 31.4 Å². The van der Waals surface area contributed by atoms with Gasteiger partial charge < -0.3 is 15.2 Å². The summed E-state index contributed by atoms with van der Waals surface area (Å²) >= 11 is 1.70. The zero-order valence-electron chi connectivity index (χ0n) is 17.5. The maximum absolute atomic E-state index is 12.9. The second-order valence-corrected chi connectivity index (χ2v) is 9.24. The highest BCUT2D eigenvalue weighted by Crippen LogP contribution is 2.31. The maximum Gasteiger partial charge on any atom is 0.220 e. The average Bonchev–Trinajstić information content (AvgIpc) is 3.54. The minimum absolute atomic E-state index is 0.0196. The van der Waals surface area contributed by atoms with Crippen molar-refractivity contribution in [1.82, 2.24) is 20.2 Å². The summed E-state index contributed by atoms with van der Waals surface area (Å²) in [5.41, 5.74) is 0.775. The standard InChI is InChI=1S/C24H28N4O2S/c29-22(8-11-24(12-9-23(30)27-24)17-20-7-4-16-31-20)26-21(19-5-2-1-3-6-19)10-14-28-15-13-25-18-28/h1-7,13,15-16,18,21H,8-12,14,17H2,(H,26,29)(H,27,30)/t21-,24-/m0/s1. The minimum atomic E-state index is -0.321. The van der Waals surface area contributed by atoms with Crippen LogP contribution < -0.4 is 10.6 Å². The van der Waals surface area contributed by atoms with Crippen molar-refractivity contribution in [1.29, 1.82) is 0 Å². The van der Waals surface area contributed by atoms with Crippen molar-refractivity contribution in [3.63, 3.8) is 0 Å². The molecule has 31 heavy (non-hydrogen) atoms. The zero-order valence-corrected chi connectivity index (χ0v) is 18.3. The van der Waals surface area contributed by atoms with Crippen LogP contribution in [0.5, 0.6) is 0 Å².